The number of nitro benzene ring substituents is 1. The van der Waals surface area contributed by atoms with E-state index in [4.69, 9.17) is 15.3 Å². The second kappa shape index (κ2) is 5.59. The van der Waals surface area contributed by atoms with Crippen molar-refractivity contribution in [1.82, 2.24) is 0 Å². The van der Waals surface area contributed by atoms with Gasteiger partial charge in [-0.3, -0.25) is 10.1 Å². The van der Waals surface area contributed by atoms with Gasteiger partial charge in [0.15, 0.2) is 5.75 Å². The smallest absolute Gasteiger partial charge is 0.314 e. The van der Waals surface area contributed by atoms with Gasteiger partial charge < -0.3 is 9.84 Å². The zero-order chi connectivity index (χ0) is 15.4. The Morgan fingerprint density at radius 3 is 2.57 bits per heavy atom. The summed E-state index contributed by atoms with van der Waals surface area (Å²) in [5.74, 6) is -0.304. The van der Waals surface area contributed by atoms with Crippen molar-refractivity contribution in [2.24, 2.45) is 0 Å². The summed E-state index contributed by atoms with van der Waals surface area (Å²) in [4.78, 5) is 9.99. The summed E-state index contributed by atoms with van der Waals surface area (Å²) >= 11 is 0. The molecule has 0 heterocycles. The molecule has 21 heavy (non-hydrogen) atoms. The number of phenolic OH excluding ortho intramolecular Hbond substituents is 1. The molecule has 2 aromatic carbocycles. The predicted molar refractivity (Wildman–Crippen MR) is 70.7 cm³/mol. The van der Waals surface area contributed by atoms with Crippen molar-refractivity contribution >= 4 is 5.69 Å². The van der Waals surface area contributed by atoms with Crippen LogP contribution in [0.2, 0.25) is 0 Å². The summed E-state index contributed by atoms with van der Waals surface area (Å²) in [6.45, 7) is 0. The van der Waals surface area contributed by atoms with E-state index in [1.807, 2.05) is 12.1 Å². The highest BCUT2D eigenvalue weighted by Crippen LogP contribution is 2.33. The van der Waals surface area contributed by atoms with Crippen LogP contribution in [0.4, 0.5) is 5.69 Å². The second-order valence-corrected chi connectivity index (χ2v) is 3.91. The number of hydrogen-bond acceptors (Lipinski definition) is 6. The van der Waals surface area contributed by atoms with Gasteiger partial charge in [-0.2, -0.15) is 10.5 Å². The number of ether oxygens (including phenoxy) is 1. The number of hydrogen-bond donors (Lipinski definition) is 1. The van der Waals surface area contributed by atoms with Crippen molar-refractivity contribution in [3.8, 4) is 29.4 Å². The van der Waals surface area contributed by atoms with Gasteiger partial charge in [-0.1, -0.05) is 6.07 Å². The highest BCUT2D eigenvalue weighted by atomic mass is 16.6. The maximum atomic E-state index is 10.7. The van der Waals surface area contributed by atoms with Crippen molar-refractivity contribution in [3.05, 3.63) is 57.6 Å². The molecule has 0 aliphatic rings. The summed E-state index contributed by atoms with van der Waals surface area (Å²) in [5, 5.41) is 38.1. The van der Waals surface area contributed by atoms with Crippen LogP contribution in [0.3, 0.4) is 0 Å². The number of nitrogens with zero attached hydrogens (tertiary/aromatic N) is 3. The van der Waals surface area contributed by atoms with E-state index in [-0.39, 0.29) is 22.6 Å². The third-order valence-corrected chi connectivity index (χ3v) is 2.63. The van der Waals surface area contributed by atoms with E-state index in [1.54, 1.807) is 0 Å². The van der Waals surface area contributed by atoms with Gasteiger partial charge in [0, 0.05) is 0 Å². The maximum absolute atomic E-state index is 10.7. The summed E-state index contributed by atoms with van der Waals surface area (Å²) in [6.07, 6.45) is 0. The zero-order valence-electron chi connectivity index (χ0n) is 10.5. The SMILES string of the molecule is N#Cc1cccc(Oc2ccc(O)c([N+](=O)[O-])c2)c1C#N. The number of benzene rings is 2. The lowest BCUT2D eigenvalue weighted by atomic mass is 10.1. The molecule has 7 nitrogen and oxygen atoms in total. The normalized spacial score (nSPS) is 9.43. The molecule has 0 aliphatic carbocycles. The molecule has 0 aliphatic heterocycles. The molecular formula is C14H7N3O4. The van der Waals surface area contributed by atoms with Crippen molar-refractivity contribution < 1.29 is 14.8 Å². The van der Waals surface area contributed by atoms with Crippen molar-refractivity contribution in [2.45, 2.75) is 0 Å². The van der Waals surface area contributed by atoms with Crippen LogP contribution < -0.4 is 4.74 Å². The molecule has 0 fully saturated rings. The Morgan fingerprint density at radius 1 is 1.19 bits per heavy atom. The fraction of sp³-hybridized carbons (Fsp3) is 0. The molecule has 0 unspecified atom stereocenters. The highest BCUT2D eigenvalue weighted by molar-refractivity contribution is 5.56. The summed E-state index contributed by atoms with van der Waals surface area (Å²) in [7, 11) is 0. The summed E-state index contributed by atoms with van der Waals surface area (Å²) in [6, 6.07) is 11.7. The van der Waals surface area contributed by atoms with E-state index in [2.05, 4.69) is 0 Å². The van der Waals surface area contributed by atoms with E-state index < -0.39 is 16.4 Å². The topological polar surface area (TPSA) is 120 Å². The van der Waals surface area contributed by atoms with Gasteiger partial charge in [0.1, 0.15) is 29.2 Å². The van der Waals surface area contributed by atoms with E-state index in [0.717, 1.165) is 12.1 Å². The Hall–Kier alpha value is -3.58. The third-order valence-electron chi connectivity index (χ3n) is 2.63. The Morgan fingerprint density at radius 2 is 1.95 bits per heavy atom. The van der Waals surface area contributed by atoms with Crippen LogP contribution in [0, 0.1) is 32.8 Å². The minimum absolute atomic E-state index is 0.0377. The van der Waals surface area contributed by atoms with Crippen molar-refractivity contribution in [1.29, 1.82) is 10.5 Å². The van der Waals surface area contributed by atoms with Crippen molar-refractivity contribution in [3.63, 3.8) is 0 Å². The number of nitro groups is 1. The first-order valence-electron chi connectivity index (χ1n) is 5.65. The quantitative estimate of drug-likeness (QED) is 0.682. The number of nitriles is 2. The average Bonchev–Trinajstić information content (AvgIpc) is 2.48. The van der Waals surface area contributed by atoms with E-state index in [1.165, 1.54) is 24.3 Å². The summed E-state index contributed by atoms with van der Waals surface area (Å²) < 4.78 is 5.40. The summed E-state index contributed by atoms with van der Waals surface area (Å²) in [5.41, 5.74) is -0.332. The molecule has 0 saturated heterocycles. The van der Waals surface area contributed by atoms with Crippen LogP contribution in [0.15, 0.2) is 36.4 Å². The van der Waals surface area contributed by atoms with Crippen LogP contribution >= 0.6 is 0 Å². The molecule has 7 heteroatoms. The van der Waals surface area contributed by atoms with E-state index >= 15 is 0 Å². The van der Waals surface area contributed by atoms with Crippen LogP contribution in [0.1, 0.15) is 11.1 Å². The minimum atomic E-state index is -0.751. The minimum Gasteiger partial charge on any atom is -0.502 e. The molecule has 0 amide bonds. The molecule has 2 rings (SSSR count). The lowest BCUT2D eigenvalue weighted by Crippen LogP contribution is -1.93. The van der Waals surface area contributed by atoms with Crippen LogP contribution in [-0.2, 0) is 0 Å². The van der Waals surface area contributed by atoms with Crippen LogP contribution in [-0.4, -0.2) is 10.0 Å². The van der Waals surface area contributed by atoms with Gasteiger partial charge in [0.2, 0.25) is 0 Å². The van der Waals surface area contributed by atoms with Crippen LogP contribution in [0.5, 0.6) is 17.2 Å². The monoisotopic (exact) mass is 281 g/mol. The van der Waals surface area contributed by atoms with Gasteiger partial charge in [-0.15, -0.1) is 0 Å². The molecule has 0 saturated carbocycles. The lowest BCUT2D eigenvalue weighted by Gasteiger charge is -2.08. The Labute approximate surface area is 119 Å². The number of rotatable bonds is 3. The predicted octanol–water partition coefficient (Wildman–Crippen LogP) is 2.84. The first kappa shape index (κ1) is 13.8. The van der Waals surface area contributed by atoms with Gasteiger partial charge >= 0.3 is 5.69 Å². The molecule has 2 aromatic rings. The van der Waals surface area contributed by atoms with Gasteiger partial charge in [0.05, 0.1) is 16.6 Å². The Balaban J connectivity index is 2.45. The van der Waals surface area contributed by atoms with Crippen LogP contribution in [0.25, 0.3) is 0 Å². The maximum Gasteiger partial charge on any atom is 0.314 e. The fourth-order valence-electron chi connectivity index (χ4n) is 1.66. The number of phenols is 1. The molecular weight excluding hydrogens is 274 g/mol. The molecule has 0 spiro atoms. The first-order chi connectivity index (χ1) is 10.1. The van der Waals surface area contributed by atoms with Crippen molar-refractivity contribution in [2.75, 3.05) is 0 Å². The average molecular weight is 281 g/mol. The Bertz CT molecular complexity index is 803. The van der Waals surface area contributed by atoms with Gasteiger partial charge in [0.25, 0.3) is 0 Å². The second-order valence-electron chi connectivity index (χ2n) is 3.91. The molecule has 0 bridgehead atoms. The molecule has 1 N–H and O–H groups in total. The zero-order valence-corrected chi connectivity index (χ0v) is 10.5. The molecule has 0 atom stereocenters. The fourth-order valence-corrected chi connectivity index (χ4v) is 1.66. The first-order valence-corrected chi connectivity index (χ1v) is 5.65. The highest BCUT2D eigenvalue weighted by Gasteiger charge is 2.16. The van der Waals surface area contributed by atoms with E-state index in [9.17, 15) is 15.2 Å². The molecule has 102 valence electrons. The standard InChI is InChI=1S/C14H7N3O4/c15-7-9-2-1-3-14(11(9)8-16)21-10-4-5-13(18)12(6-10)17(19)20/h1-6,18H. The number of aromatic hydroxyl groups is 1. The van der Waals surface area contributed by atoms with Gasteiger partial charge in [-0.05, 0) is 24.3 Å². The molecule has 0 radical (unpaired) electrons. The Kier molecular flexibility index (Phi) is 3.69. The van der Waals surface area contributed by atoms with Gasteiger partial charge in [-0.25, -0.2) is 0 Å². The molecule has 0 aromatic heterocycles. The lowest BCUT2D eigenvalue weighted by molar-refractivity contribution is -0.385. The largest absolute Gasteiger partial charge is 0.502 e. The van der Waals surface area contributed by atoms with E-state index in [0.29, 0.717) is 0 Å². The third kappa shape index (κ3) is 2.72.